The van der Waals surface area contributed by atoms with Gasteiger partial charge in [-0.25, -0.2) is 13.2 Å². The lowest BCUT2D eigenvalue weighted by Crippen LogP contribution is -1.99. The van der Waals surface area contributed by atoms with Crippen molar-refractivity contribution in [1.82, 2.24) is 4.98 Å². The van der Waals surface area contributed by atoms with Crippen LogP contribution in [-0.4, -0.2) is 10.1 Å². The second kappa shape index (κ2) is 7.99. The number of nitriles is 4. The molecule has 0 radical (unpaired) electrons. The molecule has 2 aromatic carbocycles. The Morgan fingerprint density at radius 2 is 1.36 bits per heavy atom. The number of pyridine rings is 1. The Morgan fingerprint density at radius 1 is 0.722 bits per heavy atom. The molecule has 1 heterocycles. The molecule has 1 aromatic heterocycles. The van der Waals surface area contributed by atoms with Crippen molar-refractivity contribution in [3.8, 4) is 41.3 Å². The van der Waals surface area contributed by atoms with Crippen molar-refractivity contribution >= 4 is 16.7 Å². The summed E-state index contributed by atoms with van der Waals surface area (Å²) >= 11 is 0. The average Bonchev–Trinajstić information content (AvgIpc) is 3.38. The molecule has 2 aliphatic carbocycles. The van der Waals surface area contributed by atoms with Crippen molar-refractivity contribution < 1.29 is 18.3 Å². The number of fused-ring (bicyclic) bond motifs is 4. The molecule has 0 fully saturated rings. The summed E-state index contributed by atoms with van der Waals surface area (Å²) in [6.07, 6.45) is 1.47. The molecule has 0 saturated carbocycles. The summed E-state index contributed by atoms with van der Waals surface area (Å²) in [6.45, 7) is 0. The third-order valence-electron chi connectivity index (χ3n) is 6.00. The van der Waals surface area contributed by atoms with E-state index in [1.165, 1.54) is 18.3 Å². The van der Waals surface area contributed by atoms with Crippen LogP contribution in [0, 0.1) is 62.8 Å². The number of benzene rings is 2. The highest BCUT2D eigenvalue weighted by Gasteiger charge is 2.41. The van der Waals surface area contributed by atoms with Crippen molar-refractivity contribution in [3.63, 3.8) is 0 Å². The maximum Gasteiger partial charge on any atom is 0.195 e. The van der Waals surface area contributed by atoms with E-state index >= 15 is 4.39 Å². The van der Waals surface area contributed by atoms with Crippen LogP contribution in [0.2, 0.25) is 0 Å². The van der Waals surface area contributed by atoms with Crippen LogP contribution in [0.15, 0.2) is 59.3 Å². The summed E-state index contributed by atoms with van der Waals surface area (Å²) in [5.41, 5.74) is -1.47. The molecular formula is C27H8F3N5O. The number of aromatic hydroxyl groups is 1. The molecule has 3 aromatic rings. The topological polar surface area (TPSA) is 128 Å². The lowest BCUT2D eigenvalue weighted by atomic mass is 9.88. The van der Waals surface area contributed by atoms with Crippen LogP contribution < -0.4 is 0 Å². The molecule has 0 bridgehead atoms. The molecule has 0 saturated heterocycles. The van der Waals surface area contributed by atoms with Crippen LogP contribution in [-0.2, 0) is 0 Å². The highest BCUT2D eigenvalue weighted by Crippen LogP contribution is 2.57. The summed E-state index contributed by atoms with van der Waals surface area (Å²) in [7, 11) is 0. The fraction of sp³-hybridized carbons (Fsp3) is 0. The molecule has 36 heavy (non-hydrogen) atoms. The molecule has 0 unspecified atom stereocenters. The number of halogens is 3. The Bertz CT molecular complexity index is 1790. The Kier molecular flexibility index (Phi) is 4.92. The van der Waals surface area contributed by atoms with E-state index in [2.05, 4.69) is 4.98 Å². The highest BCUT2D eigenvalue weighted by atomic mass is 19.2. The third-order valence-corrected chi connectivity index (χ3v) is 6.00. The zero-order chi connectivity index (χ0) is 25.7. The third kappa shape index (κ3) is 2.78. The van der Waals surface area contributed by atoms with E-state index < -0.39 is 39.7 Å². The highest BCUT2D eigenvalue weighted by molar-refractivity contribution is 6.21. The molecule has 2 aliphatic rings. The fourth-order valence-electron chi connectivity index (χ4n) is 4.67. The van der Waals surface area contributed by atoms with Gasteiger partial charge in [0.25, 0.3) is 0 Å². The van der Waals surface area contributed by atoms with Crippen LogP contribution in [0.4, 0.5) is 13.2 Å². The van der Waals surface area contributed by atoms with E-state index in [1.807, 2.05) is 0 Å². The number of phenolic OH excluding ortho intramolecular Hbond substituents is 1. The maximum absolute atomic E-state index is 15.3. The molecule has 9 heteroatoms. The van der Waals surface area contributed by atoms with Crippen molar-refractivity contribution in [2.45, 2.75) is 0 Å². The minimum atomic E-state index is -1.84. The SMILES string of the molecule is N#CC(C#N)=C1/C(=C2/c3cccnc3-c3c(O)cccc32)C(=C(C#N)C#N)c2c1cc(F)c(F)c2F. The molecule has 0 atom stereocenters. The average molecular weight is 475 g/mol. The molecule has 168 valence electrons. The van der Waals surface area contributed by atoms with E-state index in [9.17, 15) is 34.9 Å². The van der Waals surface area contributed by atoms with E-state index in [0.29, 0.717) is 22.9 Å². The predicted octanol–water partition coefficient (Wildman–Crippen LogP) is 5.30. The first-order valence-electron chi connectivity index (χ1n) is 10.2. The first kappa shape index (κ1) is 22.2. The van der Waals surface area contributed by atoms with Crippen LogP contribution in [0.5, 0.6) is 5.75 Å². The van der Waals surface area contributed by atoms with E-state index in [1.54, 1.807) is 42.5 Å². The van der Waals surface area contributed by atoms with E-state index in [-0.39, 0.29) is 33.6 Å². The molecular weight excluding hydrogens is 467 g/mol. The van der Waals surface area contributed by atoms with Crippen molar-refractivity contribution in [3.05, 3.63) is 99.0 Å². The lowest BCUT2D eigenvalue weighted by molar-refractivity contribution is 0.445. The van der Waals surface area contributed by atoms with Crippen LogP contribution >= 0.6 is 0 Å². The Morgan fingerprint density at radius 3 is 2.03 bits per heavy atom. The smallest absolute Gasteiger partial charge is 0.195 e. The van der Waals surface area contributed by atoms with Gasteiger partial charge in [0.05, 0.1) is 11.3 Å². The number of nitrogens with zero attached hydrogens (tertiary/aromatic N) is 5. The van der Waals surface area contributed by atoms with Gasteiger partial charge in [0, 0.05) is 39.6 Å². The molecule has 0 spiro atoms. The fourth-order valence-corrected chi connectivity index (χ4v) is 4.67. The normalized spacial score (nSPS) is 14.6. The number of aromatic nitrogens is 1. The number of phenols is 1. The number of allylic oxidation sites excluding steroid dienone is 5. The summed E-state index contributed by atoms with van der Waals surface area (Å²) in [5, 5.41) is 49.5. The van der Waals surface area contributed by atoms with Gasteiger partial charge in [-0.3, -0.25) is 4.98 Å². The summed E-state index contributed by atoms with van der Waals surface area (Å²) in [4.78, 5) is 4.32. The van der Waals surface area contributed by atoms with Gasteiger partial charge in [0.1, 0.15) is 41.2 Å². The van der Waals surface area contributed by atoms with Gasteiger partial charge in [-0.15, -0.1) is 0 Å². The number of hydrogen-bond donors (Lipinski definition) is 1. The van der Waals surface area contributed by atoms with Gasteiger partial charge in [-0.1, -0.05) is 18.2 Å². The summed E-state index contributed by atoms with van der Waals surface area (Å²) in [6, 6.07) is 15.0. The second-order valence-corrected chi connectivity index (χ2v) is 7.71. The lowest BCUT2D eigenvalue weighted by Gasteiger charge is -2.12. The first-order valence-corrected chi connectivity index (χ1v) is 10.2. The largest absolute Gasteiger partial charge is 0.507 e. The first-order chi connectivity index (χ1) is 17.4. The second-order valence-electron chi connectivity index (χ2n) is 7.71. The maximum atomic E-state index is 15.3. The Balaban J connectivity index is 2.14. The minimum Gasteiger partial charge on any atom is -0.507 e. The summed E-state index contributed by atoms with van der Waals surface area (Å²) in [5.74, 6) is -5.24. The molecule has 1 N–H and O–H groups in total. The van der Waals surface area contributed by atoms with E-state index in [0.717, 1.165) is 0 Å². The van der Waals surface area contributed by atoms with E-state index in [4.69, 9.17) is 0 Å². The van der Waals surface area contributed by atoms with Gasteiger partial charge < -0.3 is 5.11 Å². The molecule has 5 rings (SSSR count). The standard InChI is InChI=1S/C27H8F3N5O/c28-17-7-16-19(12(8-31)9-32)24(20(13(10-33)11-34)23(16)26(30)25(17)29)21-14-3-1-5-18(36)22(14)27-15(21)4-2-6-35-27/h1-7,36H/b24-21-. The predicted molar refractivity (Wildman–Crippen MR) is 120 cm³/mol. The minimum absolute atomic E-state index is 0.122. The van der Waals surface area contributed by atoms with Gasteiger partial charge in [0.15, 0.2) is 17.5 Å². The van der Waals surface area contributed by atoms with Crippen LogP contribution in [0.3, 0.4) is 0 Å². The summed E-state index contributed by atoms with van der Waals surface area (Å²) < 4.78 is 44.1. The number of rotatable bonds is 0. The molecule has 0 amide bonds. The molecule has 0 aliphatic heterocycles. The monoisotopic (exact) mass is 475 g/mol. The zero-order valence-corrected chi connectivity index (χ0v) is 17.9. The Hall–Kier alpha value is -5.64. The quantitative estimate of drug-likeness (QED) is 0.271. The number of hydrogen-bond acceptors (Lipinski definition) is 6. The van der Waals surface area contributed by atoms with Gasteiger partial charge in [0.2, 0.25) is 0 Å². The van der Waals surface area contributed by atoms with Crippen molar-refractivity contribution in [2.24, 2.45) is 0 Å². The van der Waals surface area contributed by atoms with Crippen LogP contribution in [0.1, 0.15) is 22.3 Å². The van der Waals surface area contributed by atoms with Crippen molar-refractivity contribution in [2.75, 3.05) is 0 Å². The zero-order valence-electron chi connectivity index (χ0n) is 17.9. The van der Waals surface area contributed by atoms with Crippen LogP contribution in [0.25, 0.3) is 28.0 Å². The van der Waals surface area contributed by atoms with Gasteiger partial charge in [-0.05, 0) is 29.3 Å². The van der Waals surface area contributed by atoms with Gasteiger partial charge in [-0.2, -0.15) is 21.0 Å². The molecule has 6 nitrogen and oxygen atoms in total. The van der Waals surface area contributed by atoms with Gasteiger partial charge >= 0.3 is 0 Å². The van der Waals surface area contributed by atoms with Crippen molar-refractivity contribution in [1.29, 1.82) is 21.0 Å². The Labute approximate surface area is 201 Å².